The maximum atomic E-state index is 9.86. The Morgan fingerprint density at radius 2 is 1.79 bits per heavy atom. The quantitative estimate of drug-likeness (QED) is 0.737. The summed E-state index contributed by atoms with van der Waals surface area (Å²) in [5.74, 6) is 0.493. The molecular weight excluding hydrogens is 174 g/mol. The van der Waals surface area contributed by atoms with Gasteiger partial charge in [0.2, 0.25) is 0 Å². The van der Waals surface area contributed by atoms with Crippen LogP contribution in [0.1, 0.15) is 46.5 Å². The van der Waals surface area contributed by atoms with Gasteiger partial charge in [-0.25, -0.2) is 0 Å². The van der Waals surface area contributed by atoms with Crippen LogP contribution in [0.3, 0.4) is 0 Å². The Morgan fingerprint density at radius 1 is 1.21 bits per heavy atom. The van der Waals surface area contributed by atoms with Gasteiger partial charge < -0.3 is 10.0 Å². The molecule has 1 N–H and O–H groups in total. The molecule has 0 heterocycles. The number of hydrogen-bond acceptors (Lipinski definition) is 2. The van der Waals surface area contributed by atoms with E-state index in [0.29, 0.717) is 5.92 Å². The summed E-state index contributed by atoms with van der Waals surface area (Å²) in [6.45, 7) is 7.71. The molecule has 0 saturated heterocycles. The van der Waals surface area contributed by atoms with E-state index in [1.165, 1.54) is 19.3 Å². The van der Waals surface area contributed by atoms with E-state index in [0.717, 1.165) is 13.0 Å². The molecule has 0 bridgehead atoms. The highest BCUT2D eigenvalue weighted by Gasteiger charge is 2.27. The maximum Gasteiger partial charge on any atom is 0.0580 e. The standard InChI is InChI=1S/C12H25NO/c1-12(2,3)13(4)9-10-7-5-6-8-11(10)14/h10-11,14H,5-9H2,1-4H3. The summed E-state index contributed by atoms with van der Waals surface area (Å²) in [5.41, 5.74) is 0.219. The van der Waals surface area contributed by atoms with Crippen molar-refractivity contribution in [3.05, 3.63) is 0 Å². The third-order valence-electron chi connectivity index (χ3n) is 3.52. The number of hydrogen-bond donors (Lipinski definition) is 1. The molecule has 0 aliphatic heterocycles. The Kier molecular flexibility index (Phi) is 3.96. The SMILES string of the molecule is CN(CC1CCCCC1O)C(C)(C)C. The molecule has 1 aliphatic carbocycles. The van der Waals surface area contributed by atoms with Crippen LogP contribution >= 0.6 is 0 Å². The van der Waals surface area contributed by atoms with E-state index in [1.807, 2.05) is 0 Å². The summed E-state index contributed by atoms with van der Waals surface area (Å²) < 4.78 is 0. The van der Waals surface area contributed by atoms with Crippen molar-refractivity contribution in [2.75, 3.05) is 13.6 Å². The minimum absolute atomic E-state index is 0.0615. The number of aliphatic hydroxyl groups excluding tert-OH is 1. The van der Waals surface area contributed by atoms with Crippen molar-refractivity contribution in [3.8, 4) is 0 Å². The lowest BCUT2D eigenvalue weighted by atomic mass is 9.85. The second-order valence-electron chi connectivity index (χ2n) is 5.66. The molecule has 84 valence electrons. The molecule has 1 rings (SSSR count). The number of rotatable bonds is 2. The van der Waals surface area contributed by atoms with Crippen LogP contribution in [0, 0.1) is 5.92 Å². The van der Waals surface area contributed by atoms with Crippen molar-refractivity contribution in [1.82, 2.24) is 4.90 Å². The first kappa shape index (κ1) is 12.0. The highest BCUT2D eigenvalue weighted by atomic mass is 16.3. The molecule has 2 nitrogen and oxygen atoms in total. The van der Waals surface area contributed by atoms with Crippen molar-refractivity contribution < 1.29 is 5.11 Å². The number of aliphatic hydroxyl groups is 1. The van der Waals surface area contributed by atoms with E-state index in [2.05, 4.69) is 32.7 Å². The predicted molar refractivity (Wildman–Crippen MR) is 60.3 cm³/mol. The van der Waals surface area contributed by atoms with Crippen molar-refractivity contribution in [2.45, 2.75) is 58.1 Å². The lowest BCUT2D eigenvalue weighted by Gasteiger charge is -2.37. The fraction of sp³-hybridized carbons (Fsp3) is 1.00. The molecule has 2 atom stereocenters. The van der Waals surface area contributed by atoms with Gasteiger partial charge in [0.15, 0.2) is 0 Å². The van der Waals surface area contributed by atoms with Crippen LogP contribution in [0.5, 0.6) is 0 Å². The zero-order valence-electron chi connectivity index (χ0n) is 10.1. The van der Waals surface area contributed by atoms with Crippen molar-refractivity contribution in [2.24, 2.45) is 5.92 Å². The summed E-state index contributed by atoms with van der Waals surface area (Å²) in [7, 11) is 2.15. The molecule has 0 spiro atoms. The van der Waals surface area contributed by atoms with Crippen LogP contribution in [0.2, 0.25) is 0 Å². The zero-order valence-corrected chi connectivity index (χ0v) is 10.1. The topological polar surface area (TPSA) is 23.5 Å². The van der Waals surface area contributed by atoms with Gasteiger partial charge >= 0.3 is 0 Å². The predicted octanol–water partition coefficient (Wildman–Crippen LogP) is 2.27. The average Bonchev–Trinajstić information content (AvgIpc) is 2.07. The monoisotopic (exact) mass is 199 g/mol. The van der Waals surface area contributed by atoms with E-state index in [4.69, 9.17) is 0 Å². The van der Waals surface area contributed by atoms with Crippen LogP contribution in [-0.2, 0) is 0 Å². The fourth-order valence-corrected chi connectivity index (χ4v) is 2.03. The van der Waals surface area contributed by atoms with Gasteiger partial charge in [-0.15, -0.1) is 0 Å². The minimum atomic E-state index is -0.0615. The van der Waals surface area contributed by atoms with E-state index in [-0.39, 0.29) is 11.6 Å². The Balaban J connectivity index is 2.42. The zero-order chi connectivity index (χ0) is 10.8. The van der Waals surface area contributed by atoms with Crippen LogP contribution in [0.15, 0.2) is 0 Å². The highest BCUT2D eigenvalue weighted by molar-refractivity contribution is 4.81. The molecule has 2 unspecified atom stereocenters. The Labute approximate surface area is 88.3 Å². The molecule has 0 radical (unpaired) electrons. The van der Waals surface area contributed by atoms with E-state index < -0.39 is 0 Å². The van der Waals surface area contributed by atoms with Gasteiger partial charge in [0, 0.05) is 12.1 Å². The summed E-state index contributed by atoms with van der Waals surface area (Å²) in [4.78, 5) is 2.35. The third-order valence-corrected chi connectivity index (χ3v) is 3.52. The van der Waals surface area contributed by atoms with Crippen molar-refractivity contribution in [1.29, 1.82) is 0 Å². The molecule has 0 amide bonds. The third kappa shape index (κ3) is 3.25. The van der Waals surface area contributed by atoms with Gasteiger partial charge in [-0.2, -0.15) is 0 Å². The number of nitrogens with zero attached hydrogens (tertiary/aromatic N) is 1. The van der Waals surface area contributed by atoms with Gasteiger partial charge in [-0.05, 0) is 46.6 Å². The van der Waals surface area contributed by atoms with Crippen molar-refractivity contribution in [3.63, 3.8) is 0 Å². The highest BCUT2D eigenvalue weighted by Crippen LogP contribution is 2.26. The molecule has 0 aromatic carbocycles. The van der Waals surface area contributed by atoms with Gasteiger partial charge in [0.1, 0.15) is 0 Å². The van der Waals surface area contributed by atoms with Crippen LogP contribution in [0.4, 0.5) is 0 Å². The smallest absolute Gasteiger partial charge is 0.0580 e. The molecule has 0 aromatic rings. The maximum absolute atomic E-state index is 9.86. The molecule has 2 heteroatoms. The summed E-state index contributed by atoms with van der Waals surface area (Å²) in [6, 6.07) is 0. The van der Waals surface area contributed by atoms with Gasteiger partial charge in [0.25, 0.3) is 0 Å². The fourth-order valence-electron chi connectivity index (χ4n) is 2.03. The Morgan fingerprint density at radius 3 is 2.29 bits per heavy atom. The Bertz CT molecular complexity index is 174. The largest absolute Gasteiger partial charge is 0.393 e. The van der Waals surface area contributed by atoms with Gasteiger partial charge in [-0.1, -0.05) is 12.8 Å². The summed E-state index contributed by atoms with van der Waals surface area (Å²) in [6.07, 6.45) is 4.63. The van der Waals surface area contributed by atoms with Gasteiger partial charge in [-0.3, -0.25) is 0 Å². The van der Waals surface area contributed by atoms with E-state index in [1.54, 1.807) is 0 Å². The lowest BCUT2D eigenvalue weighted by Crippen LogP contribution is -2.44. The average molecular weight is 199 g/mol. The second-order valence-corrected chi connectivity index (χ2v) is 5.66. The minimum Gasteiger partial charge on any atom is -0.393 e. The first-order chi connectivity index (χ1) is 6.41. The summed E-state index contributed by atoms with van der Waals surface area (Å²) >= 11 is 0. The normalized spacial score (nSPS) is 29.6. The van der Waals surface area contributed by atoms with Crippen LogP contribution < -0.4 is 0 Å². The molecule has 1 aliphatic rings. The molecule has 1 saturated carbocycles. The van der Waals surface area contributed by atoms with Crippen LogP contribution in [0.25, 0.3) is 0 Å². The first-order valence-corrected chi connectivity index (χ1v) is 5.80. The van der Waals surface area contributed by atoms with Crippen molar-refractivity contribution >= 4 is 0 Å². The second kappa shape index (κ2) is 4.63. The summed E-state index contributed by atoms with van der Waals surface area (Å²) in [5, 5.41) is 9.86. The Hall–Kier alpha value is -0.0800. The van der Waals surface area contributed by atoms with E-state index in [9.17, 15) is 5.11 Å². The molecular formula is C12H25NO. The molecule has 14 heavy (non-hydrogen) atoms. The first-order valence-electron chi connectivity index (χ1n) is 5.80. The lowest BCUT2D eigenvalue weighted by molar-refractivity contribution is 0.0330. The molecule has 0 aromatic heterocycles. The van der Waals surface area contributed by atoms with E-state index >= 15 is 0 Å². The van der Waals surface area contributed by atoms with Crippen LogP contribution in [-0.4, -0.2) is 35.2 Å². The molecule has 1 fully saturated rings. The van der Waals surface area contributed by atoms with Gasteiger partial charge in [0.05, 0.1) is 6.10 Å².